The number of hydrogen-bond acceptors (Lipinski definition) is 5. The molecule has 6 nitrogen and oxygen atoms in total. The molecule has 132 valence electrons. The van der Waals surface area contributed by atoms with Crippen LogP contribution in [0.5, 0.6) is 5.75 Å². The largest absolute Gasteiger partial charge is 0.490 e. The van der Waals surface area contributed by atoms with Crippen molar-refractivity contribution in [3.05, 3.63) is 29.6 Å². The number of ether oxygens (including phenoxy) is 1. The molecule has 1 heterocycles. The minimum atomic E-state index is -0.728. The first-order valence-corrected chi connectivity index (χ1v) is 7.96. The van der Waals surface area contributed by atoms with E-state index in [1.165, 1.54) is 12.1 Å². The second kappa shape index (κ2) is 7.72. The third-order valence-corrected chi connectivity index (χ3v) is 3.46. The number of amides is 1. The summed E-state index contributed by atoms with van der Waals surface area (Å²) in [6, 6.07) is 4.15. The number of benzene rings is 1. The Balaban J connectivity index is 2.04. The molecule has 24 heavy (non-hydrogen) atoms. The predicted octanol–water partition coefficient (Wildman–Crippen LogP) is 1.57. The Labute approximate surface area is 141 Å². The molecule has 0 radical (unpaired) electrons. The first-order chi connectivity index (χ1) is 11.2. The van der Waals surface area contributed by atoms with Gasteiger partial charge in [-0.2, -0.15) is 5.10 Å². The molecule has 0 bridgehead atoms. The number of halogens is 1. The number of rotatable bonds is 6. The van der Waals surface area contributed by atoms with Gasteiger partial charge < -0.3 is 15.2 Å². The molecule has 0 saturated heterocycles. The topological polar surface area (TPSA) is 82.9 Å². The SMILES string of the molecule is CC(C)(C)NCC(O)COc1cc(F)ccc1C1=NNC(=O)CC1. The van der Waals surface area contributed by atoms with Gasteiger partial charge in [-0.05, 0) is 32.9 Å². The minimum Gasteiger partial charge on any atom is -0.490 e. The molecule has 0 saturated carbocycles. The number of β-amino-alcohol motifs (C(OH)–C–C–N with tert-alkyl or cyclic N) is 1. The van der Waals surface area contributed by atoms with E-state index in [0.717, 1.165) is 0 Å². The Morgan fingerprint density at radius 2 is 2.17 bits per heavy atom. The van der Waals surface area contributed by atoms with Crippen molar-refractivity contribution in [2.24, 2.45) is 5.10 Å². The van der Waals surface area contributed by atoms with E-state index in [1.807, 2.05) is 20.8 Å². The highest BCUT2D eigenvalue weighted by Gasteiger charge is 2.19. The highest BCUT2D eigenvalue weighted by molar-refractivity contribution is 6.06. The van der Waals surface area contributed by atoms with Gasteiger partial charge in [0, 0.05) is 36.6 Å². The Kier molecular flexibility index (Phi) is 5.90. The van der Waals surface area contributed by atoms with Gasteiger partial charge in [0.15, 0.2) is 0 Å². The zero-order chi connectivity index (χ0) is 17.7. The summed E-state index contributed by atoms with van der Waals surface area (Å²) in [5.41, 5.74) is 3.55. The van der Waals surface area contributed by atoms with Crippen molar-refractivity contribution >= 4 is 11.6 Å². The van der Waals surface area contributed by atoms with Crippen LogP contribution in [0.4, 0.5) is 4.39 Å². The predicted molar refractivity (Wildman–Crippen MR) is 89.6 cm³/mol. The summed E-state index contributed by atoms with van der Waals surface area (Å²) in [6.07, 6.45) is 0.0590. The van der Waals surface area contributed by atoms with Gasteiger partial charge in [-0.1, -0.05) is 0 Å². The number of aliphatic hydroxyl groups is 1. The average Bonchev–Trinajstić information content (AvgIpc) is 2.51. The Morgan fingerprint density at radius 3 is 2.79 bits per heavy atom. The van der Waals surface area contributed by atoms with Gasteiger partial charge in [0.05, 0.1) is 5.71 Å². The molecule has 1 aromatic carbocycles. The number of aliphatic hydroxyl groups excluding tert-OH is 1. The normalized spacial score (nSPS) is 16.4. The van der Waals surface area contributed by atoms with Gasteiger partial charge in [0.1, 0.15) is 24.3 Å². The molecule has 7 heteroatoms. The summed E-state index contributed by atoms with van der Waals surface area (Å²) >= 11 is 0. The highest BCUT2D eigenvalue weighted by Crippen LogP contribution is 2.23. The number of carbonyl (C=O) groups excluding carboxylic acids is 1. The van der Waals surface area contributed by atoms with Crippen molar-refractivity contribution in [3.63, 3.8) is 0 Å². The van der Waals surface area contributed by atoms with Crippen LogP contribution in [0.25, 0.3) is 0 Å². The maximum atomic E-state index is 13.5. The number of nitrogens with one attached hydrogen (secondary N) is 2. The molecule has 1 aromatic rings. The van der Waals surface area contributed by atoms with E-state index in [9.17, 15) is 14.3 Å². The van der Waals surface area contributed by atoms with E-state index in [1.54, 1.807) is 6.07 Å². The van der Waals surface area contributed by atoms with Gasteiger partial charge in [-0.3, -0.25) is 4.79 Å². The zero-order valence-electron chi connectivity index (χ0n) is 14.2. The molecule has 1 aliphatic rings. The van der Waals surface area contributed by atoms with Gasteiger partial charge in [0.2, 0.25) is 5.91 Å². The number of hydrogen-bond donors (Lipinski definition) is 3. The molecule has 1 aliphatic heterocycles. The number of nitrogens with zero attached hydrogens (tertiary/aromatic N) is 1. The fraction of sp³-hybridized carbons (Fsp3) is 0.529. The molecule has 0 fully saturated rings. The summed E-state index contributed by atoms with van der Waals surface area (Å²) in [4.78, 5) is 11.2. The quantitative estimate of drug-likeness (QED) is 0.736. The number of carbonyl (C=O) groups is 1. The van der Waals surface area contributed by atoms with Crippen LogP contribution in [0.1, 0.15) is 39.2 Å². The summed E-state index contributed by atoms with van der Waals surface area (Å²) in [5, 5.41) is 17.2. The molecule has 0 aliphatic carbocycles. The fourth-order valence-electron chi connectivity index (χ4n) is 2.19. The van der Waals surface area contributed by atoms with Crippen molar-refractivity contribution in [1.82, 2.24) is 10.7 Å². The summed E-state index contributed by atoms with van der Waals surface area (Å²) in [5.74, 6) is -0.275. The van der Waals surface area contributed by atoms with Crippen LogP contribution in [0.15, 0.2) is 23.3 Å². The Bertz CT molecular complexity index is 626. The Morgan fingerprint density at radius 1 is 1.42 bits per heavy atom. The molecule has 1 amide bonds. The summed E-state index contributed by atoms with van der Waals surface area (Å²) in [7, 11) is 0. The van der Waals surface area contributed by atoms with E-state index in [2.05, 4.69) is 15.8 Å². The molecule has 2 rings (SSSR count). The van der Waals surface area contributed by atoms with Crippen LogP contribution in [-0.2, 0) is 4.79 Å². The lowest BCUT2D eigenvalue weighted by molar-refractivity contribution is -0.121. The van der Waals surface area contributed by atoms with Crippen molar-refractivity contribution in [1.29, 1.82) is 0 Å². The van der Waals surface area contributed by atoms with Crippen LogP contribution >= 0.6 is 0 Å². The van der Waals surface area contributed by atoms with E-state index >= 15 is 0 Å². The maximum Gasteiger partial charge on any atom is 0.240 e. The monoisotopic (exact) mass is 337 g/mol. The fourth-order valence-corrected chi connectivity index (χ4v) is 2.19. The second-order valence-corrected chi connectivity index (χ2v) is 6.83. The molecule has 0 spiro atoms. The highest BCUT2D eigenvalue weighted by atomic mass is 19.1. The van der Waals surface area contributed by atoms with E-state index < -0.39 is 11.9 Å². The van der Waals surface area contributed by atoms with Gasteiger partial charge >= 0.3 is 0 Å². The van der Waals surface area contributed by atoms with Crippen LogP contribution in [0.3, 0.4) is 0 Å². The van der Waals surface area contributed by atoms with Crippen LogP contribution in [0, 0.1) is 5.82 Å². The zero-order valence-corrected chi connectivity index (χ0v) is 14.2. The molecule has 3 N–H and O–H groups in total. The molecule has 1 unspecified atom stereocenters. The second-order valence-electron chi connectivity index (χ2n) is 6.83. The van der Waals surface area contributed by atoms with Crippen molar-refractivity contribution < 1.29 is 19.0 Å². The lowest BCUT2D eigenvalue weighted by Crippen LogP contribution is -2.42. The molecular weight excluding hydrogens is 313 g/mol. The Hall–Kier alpha value is -1.99. The standard InChI is InChI=1S/C17H24FN3O3/c1-17(2,3)19-9-12(22)10-24-15-8-11(18)4-5-13(15)14-6-7-16(23)21-20-14/h4-5,8,12,19,22H,6-7,9-10H2,1-3H3,(H,21,23). The first kappa shape index (κ1) is 18.4. The van der Waals surface area contributed by atoms with E-state index in [4.69, 9.17) is 4.74 Å². The lowest BCUT2D eigenvalue weighted by atomic mass is 10.0. The lowest BCUT2D eigenvalue weighted by Gasteiger charge is -2.23. The van der Waals surface area contributed by atoms with Crippen molar-refractivity contribution in [2.75, 3.05) is 13.2 Å². The third-order valence-electron chi connectivity index (χ3n) is 3.46. The average molecular weight is 337 g/mol. The van der Waals surface area contributed by atoms with E-state index in [0.29, 0.717) is 36.4 Å². The molecule has 0 aromatic heterocycles. The van der Waals surface area contributed by atoms with Crippen LogP contribution in [0.2, 0.25) is 0 Å². The van der Waals surface area contributed by atoms with Gasteiger partial charge in [0.25, 0.3) is 0 Å². The smallest absolute Gasteiger partial charge is 0.240 e. The number of hydrazone groups is 1. The maximum absolute atomic E-state index is 13.5. The summed E-state index contributed by atoms with van der Waals surface area (Å²) < 4.78 is 19.1. The van der Waals surface area contributed by atoms with Gasteiger partial charge in [-0.25, -0.2) is 9.82 Å². The van der Waals surface area contributed by atoms with Crippen LogP contribution in [-0.4, -0.2) is 41.5 Å². The molecular formula is C17H24FN3O3. The third kappa shape index (κ3) is 5.58. The summed E-state index contributed by atoms with van der Waals surface area (Å²) in [6.45, 7) is 6.40. The minimum absolute atomic E-state index is 0.0270. The van der Waals surface area contributed by atoms with E-state index in [-0.39, 0.29) is 18.1 Å². The first-order valence-electron chi connectivity index (χ1n) is 7.96. The van der Waals surface area contributed by atoms with Crippen molar-refractivity contribution in [3.8, 4) is 5.75 Å². The molecule has 1 atom stereocenters. The van der Waals surface area contributed by atoms with Crippen molar-refractivity contribution in [2.45, 2.75) is 45.3 Å². The van der Waals surface area contributed by atoms with Crippen LogP contribution < -0.4 is 15.5 Å². The van der Waals surface area contributed by atoms with Gasteiger partial charge in [-0.15, -0.1) is 0 Å².